The first-order valence-corrected chi connectivity index (χ1v) is 11.3. The predicted octanol–water partition coefficient (Wildman–Crippen LogP) is 4.97. The molecule has 31 heavy (non-hydrogen) atoms. The average Bonchev–Trinajstić information content (AvgIpc) is 2.75. The lowest BCUT2D eigenvalue weighted by molar-refractivity contribution is -0.115. The summed E-state index contributed by atoms with van der Waals surface area (Å²) in [6.07, 6.45) is 1.70. The van der Waals surface area contributed by atoms with Crippen molar-refractivity contribution in [3.05, 3.63) is 87.3 Å². The molecule has 0 aliphatic heterocycles. The molecule has 1 atom stereocenters. The van der Waals surface area contributed by atoms with Crippen LogP contribution in [-0.2, 0) is 4.79 Å². The Morgan fingerprint density at radius 2 is 1.94 bits per heavy atom. The molecule has 2 aromatic carbocycles. The Labute approximate surface area is 191 Å². The molecule has 0 spiro atoms. The molecule has 0 fully saturated rings. The number of hydrogen-bond acceptors (Lipinski definition) is 5. The third kappa shape index (κ3) is 4.70. The number of benzene rings is 2. The van der Waals surface area contributed by atoms with Crippen molar-refractivity contribution in [2.24, 2.45) is 0 Å². The highest BCUT2D eigenvalue weighted by Crippen LogP contribution is 2.26. The molecule has 0 aliphatic rings. The maximum atomic E-state index is 13.3. The van der Waals surface area contributed by atoms with Crippen molar-refractivity contribution in [3.8, 4) is 5.82 Å². The van der Waals surface area contributed by atoms with Crippen molar-refractivity contribution in [2.75, 3.05) is 5.32 Å². The number of hydrogen-bond donors (Lipinski definition) is 1. The van der Waals surface area contributed by atoms with E-state index in [9.17, 15) is 9.59 Å². The molecule has 4 rings (SSSR count). The van der Waals surface area contributed by atoms with E-state index in [1.54, 1.807) is 37.4 Å². The number of aromatic nitrogens is 3. The Morgan fingerprint density at radius 1 is 1.13 bits per heavy atom. The van der Waals surface area contributed by atoms with E-state index in [2.05, 4.69) is 31.2 Å². The molecular weight excluding hydrogens is 476 g/mol. The molecule has 8 heteroatoms. The minimum Gasteiger partial charge on any atom is -0.325 e. The molecule has 0 aliphatic carbocycles. The predicted molar refractivity (Wildman–Crippen MR) is 128 cm³/mol. The van der Waals surface area contributed by atoms with E-state index in [4.69, 9.17) is 0 Å². The Bertz CT molecular complexity index is 1320. The summed E-state index contributed by atoms with van der Waals surface area (Å²) < 4.78 is 2.34. The minimum absolute atomic E-state index is 0.186. The van der Waals surface area contributed by atoms with E-state index in [0.29, 0.717) is 27.6 Å². The fourth-order valence-electron chi connectivity index (χ4n) is 3.01. The van der Waals surface area contributed by atoms with Crippen LogP contribution in [0, 0.1) is 6.92 Å². The van der Waals surface area contributed by atoms with Gasteiger partial charge in [0.2, 0.25) is 5.91 Å². The van der Waals surface area contributed by atoms with Gasteiger partial charge in [0.15, 0.2) is 5.16 Å². The number of carbonyl (C=O) groups excluding carboxylic acids is 1. The van der Waals surface area contributed by atoms with Crippen molar-refractivity contribution in [3.63, 3.8) is 0 Å². The monoisotopic (exact) mass is 494 g/mol. The topological polar surface area (TPSA) is 76.9 Å². The molecule has 0 saturated heterocycles. The summed E-state index contributed by atoms with van der Waals surface area (Å²) in [5.74, 6) is 0.282. The summed E-state index contributed by atoms with van der Waals surface area (Å²) in [5, 5.41) is 3.32. The number of carbonyl (C=O) groups is 1. The number of amides is 1. The number of nitrogens with one attached hydrogen (secondary N) is 1. The number of aryl methyl sites for hydroxylation is 1. The molecule has 156 valence electrons. The smallest absolute Gasteiger partial charge is 0.267 e. The molecule has 0 radical (unpaired) electrons. The fourth-order valence-corrected chi connectivity index (χ4v) is 4.32. The maximum absolute atomic E-state index is 13.3. The van der Waals surface area contributed by atoms with E-state index in [-0.39, 0.29) is 11.5 Å². The Morgan fingerprint density at radius 3 is 2.68 bits per heavy atom. The Kier molecular flexibility index (Phi) is 6.20. The third-order valence-corrected chi connectivity index (χ3v) is 6.16. The van der Waals surface area contributed by atoms with Crippen LogP contribution in [0.1, 0.15) is 12.5 Å². The van der Waals surface area contributed by atoms with Gasteiger partial charge in [0.05, 0.1) is 16.2 Å². The first kappa shape index (κ1) is 21.3. The van der Waals surface area contributed by atoms with E-state index in [1.165, 1.54) is 16.3 Å². The number of fused-ring (bicyclic) bond motifs is 1. The standard InChI is InChI=1S/C23H19BrN4O2S/c1-14-10-11-20(25-13-14)28-22(30)18-8-3-4-9-19(18)27-23(28)31-15(2)21(29)26-17-7-5-6-16(24)12-17/h3-13,15H,1-2H3,(H,26,29). The molecule has 6 nitrogen and oxygen atoms in total. The normalized spacial score (nSPS) is 12.0. The van der Waals surface area contributed by atoms with Gasteiger partial charge in [-0.3, -0.25) is 9.59 Å². The van der Waals surface area contributed by atoms with Crippen LogP contribution in [0.2, 0.25) is 0 Å². The van der Waals surface area contributed by atoms with Gasteiger partial charge in [-0.2, -0.15) is 0 Å². The minimum atomic E-state index is -0.497. The van der Waals surface area contributed by atoms with Gasteiger partial charge in [0.1, 0.15) is 5.82 Å². The van der Waals surface area contributed by atoms with E-state index in [1.807, 2.05) is 43.3 Å². The van der Waals surface area contributed by atoms with Crippen LogP contribution in [0.3, 0.4) is 0 Å². The second-order valence-corrected chi connectivity index (χ2v) is 9.23. The van der Waals surface area contributed by atoms with Gasteiger partial charge in [-0.05, 0) is 55.8 Å². The highest BCUT2D eigenvalue weighted by molar-refractivity contribution is 9.10. The zero-order chi connectivity index (χ0) is 22.0. The number of rotatable bonds is 5. The van der Waals surface area contributed by atoms with Crippen molar-refractivity contribution in [2.45, 2.75) is 24.3 Å². The number of anilines is 1. The van der Waals surface area contributed by atoms with Gasteiger partial charge >= 0.3 is 0 Å². The lowest BCUT2D eigenvalue weighted by Crippen LogP contribution is -2.26. The van der Waals surface area contributed by atoms with Crippen LogP contribution in [0.4, 0.5) is 5.69 Å². The van der Waals surface area contributed by atoms with Crippen LogP contribution < -0.4 is 10.9 Å². The Hall–Kier alpha value is -2.97. The number of nitrogens with zero attached hydrogens (tertiary/aromatic N) is 3. The zero-order valence-electron chi connectivity index (χ0n) is 16.9. The fraction of sp³-hybridized carbons (Fsp3) is 0.130. The van der Waals surface area contributed by atoms with Crippen LogP contribution in [0.5, 0.6) is 0 Å². The van der Waals surface area contributed by atoms with Gasteiger partial charge in [0.25, 0.3) is 5.56 Å². The molecule has 2 aromatic heterocycles. The molecule has 4 aromatic rings. The second kappa shape index (κ2) is 9.03. The number of halogens is 1. The highest BCUT2D eigenvalue weighted by atomic mass is 79.9. The summed E-state index contributed by atoms with van der Waals surface area (Å²) >= 11 is 4.62. The van der Waals surface area contributed by atoms with Gasteiger partial charge in [-0.25, -0.2) is 14.5 Å². The van der Waals surface area contributed by atoms with Gasteiger partial charge in [-0.15, -0.1) is 0 Å². The summed E-state index contributed by atoms with van der Waals surface area (Å²) in [6.45, 7) is 3.72. The maximum Gasteiger partial charge on any atom is 0.267 e. The van der Waals surface area contributed by atoms with Gasteiger partial charge < -0.3 is 5.32 Å². The lowest BCUT2D eigenvalue weighted by atomic mass is 10.2. The second-order valence-electron chi connectivity index (χ2n) is 7.01. The molecule has 1 amide bonds. The summed E-state index contributed by atoms with van der Waals surface area (Å²) in [5.41, 5.74) is 2.04. The van der Waals surface area contributed by atoms with E-state index < -0.39 is 5.25 Å². The van der Waals surface area contributed by atoms with E-state index in [0.717, 1.165) is 10.0 Å². The number of para-hydroxylation sites is 1. The largest absolute Gasteiger partial charge is 0.325 e. The van der Waals surface area contributed by atoms with Crippen LogP contribution in [-0.4, -0.2) is 25.7 Å². The zero-order valence-corrected chi connectivity index (χ0v) is 19.3. The summed E-state index contributed by atoms with van der Waals surface area (Å²) in [6, 6.07) is 18.2. The molecule has 0 bridgehead atoms. The Balaban J connectivity index is 1.72. The first-order valence-electron chi connectivity index (χ1n) is 9.60. The molecule has 1 unspecified atom stereocenters. The SMILES string of the molecule is Cc1ccc(-n2c(SC(C)C(=O)Nc3cccc(Br)c3)nc3ccccc3c2=O)nc1. The molecule has 2 heterocycles. The average molecular weight is 495 g/mol. The number of pyridine rings is 1. The number of thioether (sulfide) groups is 1. The first-order chi connectivity index (χ1) is 14.9. The van der Waals surface area contributed by atoms with Crippen molar-refractivity contribution >= 4 is 50.2 Å². The van der Waals surface area contributed by atoms with Gasteiger partial charge in [-0.1, -0.05) is 52.0 Å². The molecule has 0 saturated carbocycles. The summed E-state index contributed by atoms with van der Waals surface area (Å²) in [7, 11) is 0. The highest BCUT2D eigenvalue weighted by Gasteiger charge is 2.21. The molecule has 1 N–H and O–H groups in total. The van der Waals surface area contributed by atoms with Crippen molar-refractivity contribution in [1.29, 1.82) is 0 Å². The van der Waals surface area contributed by atoms with Crippen LogP contribution in [0.25, 0.3) is 16.7 Å². The van der Waals surface area contributed by atoms with Crippen molar-refractivity contribution in [1.82, 2.24) is 14.5 Å². The quantitative estimate of drug-likeness (QED) is 0.313. The van der Waals surface area contributed by atoms with E-state index >= 15 is 0 Å². The van der Waals surface area contributed by atoms with Crippen LogP contribution in [0.15, 0.2) is 81.3 Å². The summed E-state index contributed by atoms with van der Waals surface area (Å²) in [4.78, 5) is 35.2. The van der Waals surface area contributed by atoms with Crippen molar-refractivity contribution < 1.29 is 4.79 Å². The third-order valence-electron chi connectivity index (χ3n) is 4.61. The lowest BCUT2D eigenvalue weighted by Gasteiger charge is -2.16. The van der Waals surface area contributed by atoms with Crippen LogP contribution >= 0.6 is 27.7 Å². The molecular formula is C23H19BrN4O2S. The van der Waals surface area contributed by atoms with Gasteiger partial charge in [0, 0.05) is 16.4 Å².